The van der Waals surface area contributed by atoms with E-state index in [4.69, 9.17) is 11.6 Å². The number of carbonyl (C=O) groups is 1. The maximum absolute atomic E-state index is 13.1. The molecule has 0 saturated carbocycles. The van der Waals surface area contributed by atoms with E-state index in [-0.39, 0.29) is 12.3 Å². The predicted molar refractivity (Wildman–Crippen MR) is 154 cm³/mol. The first-order valence-corrected chi connectivity index (χ1v) is 14.7. The van der Waals surface area contributed by atoms with Gasteiger partial charge >= 0.3 is 6.18 Å². The average molecular weight is 643 g/mol. The zero-order chi connectivity index (χ0) is 28.0. The zero-order valence-electron chi connectivity index (χ0n) is 21.0. The number of aromatic nitrogens is 1. The molecule has 1 aromatic heterocycles. The summed E-state index contributed by atoms with van der Waals surface area (Å²) < 4.78 is 40.1. The van der Waals surface area contributed by atoms with Crippen molar-refractivity contribution in [3.05, 3.63) is 75.9 Å². The van der Waals surface area contributed by atoms with Crippen LogP contribution in [0.15, 0.2) is 75.7 Å². The third-order valence-corrected chi connectivity index (χ3v) is 8.32. The Morgan fingerprint density at radius 2 is 1.82 bits per heavy atom. The van der Waals surface area contributed by atoms with Crippen molar-refractivity contribution < 1.29 is 23.1 Å². The molecule has 1 unspecified atom stereocenters. The van der Waals surface area contributed by atoms with E-state index in [1.807, 2.05) is 48.5 Å². The van der Waals surface area contributed by atoms with Crippen LogP contribution in [0.3, 0.4) is 0 Å². The molecule has 0 radical (unpaired) electrons. The van der Waals surface area contributed by atoms with Gasteiger partial charge in [-0.25, -0.2) is 0 Å². The Morgan fingerprint density at radius 1 is 1.08 bits per heavy atom. The molecule has 2 aromatic carbocycles. The molecular formula is C28H28BrClF3N3O2S. The number of rotatable bonds is 12. The molecule has 1 amide bonds. The van der Waals surface area contributed by atoms with E-state index in [1.54, 1.807) is 6.20 Å². The first-order chi connectivity index (χ1) is 18.5. The van der Waals surface area contributed by atoms with Gasteiger partial charge in [-0.1, -0.05) is 40.4 Å². The SMILES string of the molecule is O=C1C(CC(F)(F)F)=CC(O)(CSc2ccc(Br)cc2)N1CCCCCCNc1ccnc2cc(Cl)ccc12. The molecule has 4 rings (SSSR count). The van der Waals surface area contributed by atoms with Crippen LogP contribution in [-0.4, -0.2) is 51.6 Å². The molecule has 2 heterocycles. The van der Waals surface area contributed by atoms with E-state index < -0.39 is 29.8 Å². The minimum Gasteiger partial charge on any atom is -0.384 e. The summed E-state index contributed by atoms with van der Waals surface area (Å²) in [4.78, 5) is 19.2. The average Bonchev–Trinajstić information content (AvgIpc) is 3.10. The molecule has 3 aromatic rings. The van der Waals surface area contributed by atoms with Gasteiger partial charge < -0.3 is 15.3 Å². The highest BCUT2D eigenvalue weighted by Gasteiger charge is 2.46. The highest BCUT2D eigenvalue weighted by Crippen LogP contribution is 2.37. The van der Waals surface area contributed by atoms with Crippen molar-refractivity contribution >= 4 is 61.8 Å². The summed E-state index contributed by atoms with van der Waals surface area (Å²) >= 11 is 10.7. The Morgan fingerprint density at radius 3 is 2.56 bits per heavy atom. The second kappa shape index (κ2) is 12.9. The number of aliphatic hydroxyl groups is 1. The number of halogens is 5. The quantitative estimate of drug-likeness (QED) is 0.156. The van der Waals surface area contributed by atoms with E-state index in [2.05, 4.69) is 26.2 Å². The lowest BCUT2D eigenvalue weighted by Gasteiger charge is -2.33. The van der Waals surface area contributed by atoms with Crippen molar-refractivity contribution in [2.24, 2.45) is 0 Å². The van der Waals surface area contributed by atoms with Gasteiger partial charge in [0.2, 0.25) is 0 Å². The number of amides is 1. The van der Waals surface area contributed by atoms with Crippen molar-refractivity contribution in [3.63, 3.8) is 0 Å². The first-order valence-electron chi connectivity index (χ1n) is 12.5. The van der Waals surface area contributed by atoms with E-state index in [0.717, 1.165) is 57.8 Å². The zero-order valence-corrected chi connectivity index (χ0v) is 24.1. The first kappa shape index (κ1) is 29.7. The van der Waals surface area contributed by atoms with Crippen molar-refractivity contribution in [1.82, 2.24) is 9.88 Å². The lowest BCUT2D eigenvalue weighted by Crippen LogP contribution is -2.48. The summed E-state index contributed by atoms with van der Waals surface area (Å²) in [6.45, 7) is 0.909. The smallest absolute Gasteiger partial charge is 0.384 e. The summed E-state index contributed by atoms with van der Waals surface area (Å²) in [6.07, 6.45) is -0.00311. The Labute approximate surface area is 242 Å². The normalized spacial score (nSPS) is 17.6. The van der Waals surface area contributed by atoms with Gasteiger partial charge in [-0.2, -0.15) is 13.2 Å². The van der Waals surface area contributed by atoms with Crippen LogP contribution < -0.4 is 5.32 Å². The summed E-state index contributed by atoms with van der Waals surface area (Å²) in [7, 11) is 0. The fourth-order valence-corrected chi connectivity index (χ4v) is 5.87. The van der Waals surface area contributed by atoms with E-state index in [1.165, 1.54) is 16.7 Å². The van der Waals surface area contributed by atoms with Crippen LogP contribution in [-0.2, 0) is 4.79 Å². The van der Waals surface area contributed by atoms with Crippen molar-refractivity contribution in [2.75, 3.05) is 24.2 Å². The van der Waals surface area contributed by atoms with Crippen molar-refractivity contribution in [2.45, 2.75) is 48.9 Å². The number of benzene rings is 2. The summed E-state index contributed by atoms with van der Waals surface area (Å²) in [6, 6.07) is 14.9. The largest absolute Gasteiger partial charge is 0.393 e. The van der Waals surface area contributed by atoms with E-state index in [9.17, 15) is 23.1 Å². The van der Waals surface area contributed by atoms with Gasteiger partial charge in [0.05, 0.1) is 17.7 Å². The number of unbranched alkanes of at least 4 members (excludes halogenated alkanes) is 3. The fourth-order valence-electron chi connectivity index (χ4n) is 4.49. The number of hydrogen-bond acceptors (Lipinski definition) is 5. The van der Waals surface area contributed by atoms with Crippen LogP contribution in [0.4, 0.5) is 18.9 Å². The van der Waals surface area contributed by atoms with Gasteiger partial charge in [-0.15, -0.1) is 11.8 Å². The highest BCUT2D eigenvalue weighted by molar-refractivity contribution is 9.10. The van der Waals surface area contributed by atoms with Gasteiger partial charge in [-0.05, 0) is 67.4 Å². The molecule has 0 saturated heterocycles. The third kappa shape index (κ3) is 8.13. The van der Waals surface area contributed by atoms with Gasteiger partial charge in [0.15, 0.2) is 5.72 Å². The Kier molecular flexibility index (Phi) is 9.85. The van der Waals surface area contributed by atoms with Gasteiger partial charge in [0.25, 0.3) is 5.91 Å². The Hall–Kier alpha value is -2.27. The number of alkyl halides is 3. The standard InChI is InChI=1S/C28H28BrClF3N3O2S/c29-20-5-8-22(9-6-20)39-18-27(38)16-19(17-28(31,32)33)26(37)36(27)14-4-2-1-3-12-34-24-11-13-35-25-15-21(30)7-10-23(24)25/h5-11,13,15-16,38H,1-4,12,14,17-18H2,(H,34,35). The van der Waals surface area contributed by atoms with Crippen LogP contribution in [0.25, 0.3) is 10.9 Å². The maximum atomic E-state index is 13.1. The lowest BCUT2D eigenvalue weighted by atomic mass is 10.1. The topological polar surface area (TPSA) is 65.5 Å². The number of nitrogens with zero attached hydrogens (tertiary/aromatic N) is 2. The van der Waals surface area contributed by atoms with Crippen LogP contribution >= 0.6 is 39.3 Å². The number of anilines is 1. The van der Waals surface area contributed by atoms with Crippen LogP contribution in [0.1, 0.15) is 32.1 Å². The van der Waals surface area contributed by atoms with Crippen molar-refractivity contribution in [1.29, 1.82) is 0 Å². The van der Waals surface area contributed by atoms with E-state index >= 15 is 0 Å². The number of nitrogens with one attached hydrogen (secondary N) is 1. The molecule has 0 aliphatic carbocycles. The molecule has 0 fully saturated rings. The lowest BCUT2D eigenvalue weighted by molar-refractivity contribution is -0.145. The number of thioether (sulfide) groups is 1. The molecular weight excluding hydrogens is 615 g/mol. The number of pyridine rings is 1. The number of carbonyl (C=O) groups excluding carboxylic acids is 1. The molecule has 11 heteroatoms. The van der Waals surface area contributed by atoms with Crippen LogP contribution in [0.5, 0.6) is 0 Å². The predicted octanol–water partition coefficient (Wildman–Crippen LogP) is 7.82. The molecule has 1 atom stereocenters. The van der Waals surface area contributed by atoms with Crippen LogP contribution in [0, 0.1) is 0 Å². The van der Waals surface area contributed by atoms with Crippen LogP contribution in [0.2, 0.25) is 5.02 Å². The van der Waals surface area contributed by atoms with E-state index in [0.29, 0.717) is 11.4 Å². The molecule has 1 aliphatic heterocycles. The summed E-state index contributed by atoms with van der Waals surface area (Å²) in [5, 5.41) is 16.3. The molecule has 1 aliphatic rings. The molecule has 208 valence electrons. The number of fused-ring (bicyclic) bond motifs is 1. The van der Waals surface area contributed by atoms with Gasteiger partial charge in [0, 0.05) is 50.3 Å². The second-order valence-corrected chi connectivity index (χ2v) is 11.8. The maximum Gasteiger partial charge on any atom is 0.393 e. The summed E-state index contributed by atoms with van der Waals surface area (Å²) in [5.74, 6) is -0.714. The monoisotopic (exact) mass is 641 g/mol. The molecule has 0 bridgehead atoms. The second-order valence-electron chi connectivity index (χ2n) is 9.40. The Bertz CT molecular complexity index is 1340. The minimum absolute atomic E-state index is 0.0384. The highest BCUT2D eigenvalue weighted by atomic mass is 79.9. The number of hydrogen-bond donors (Lipinski definition) is 2. The third-order valence-electron chi connectivity index (χ3n) is 6.38. The molecule has 39 heavy (non-hydrogen) atoms. The minimum atomic E-state index is -4.53. The molecule has 0 spiro atoms. The summed E-state index contributed by atoms with van der Waals surface area (Å²) in [5.41, 5.74) is -0.401. The van der Waals surface area contributed by atoms with Crippen molar-refractivity contribution in [3.8, 4) is 0 Å². The Balaban J connectivity index is 1.28. The molecule has 5 nitrogen and oxygen atoms in total. The fraction of sp³-hybridized carbons (Fsp3) is 0.357. The molecule has 2 N–H and O–H groups in total. The van der Waals surface area contributed by atoms with Gasteiger partial charge in [-0.3, -0.25) is 9.78 Å². The van der Waals surface area contributed by atoms with Gasteiger partial charge in [0.1, 0.15) is 0 Å².